The first kappa shape index (κ1) is 13.4. The second-order valence-electron chi connectivity index (χ2n) is 6.04. The highest BCUT2D eigenvalue weighted by Crippen LogP contribution is 2.46. The quantitative estimate of drug-likeness (QED) is 0.867. The second kappa shape index (κ2) is 4.60. The van der Waals surface area contributed by atoms with Crippen molar-refractivity contribution in [1.29, 1.82) is 0 Å². The zero-order chi connectivity index (χ0) is 14.6. The normalized spacial score (nSPS) is 19.4. The van der Waals surface area contributed by atoms with Gasteiger partial charge in [-0.3, -0.25) is 0 Å². The summed E-state index contributed by atoms with van der Waals surface area (Å²) in [5.41, 5.74) is -0.199. The number of fused-ring (bicyclic) bond motifs is 1. The van der Waals surface area contributed by atoms with E-state index < -0.39 is 11.7 Å². The topological polar surface area (TPSA) is 24.9 Å². The lowest BCUT2D eigenvalue weighted by atomic mass is 10.1. The van der Waals surface area contributed by atoms with Gasteiger partial charge in [0, 0.05) is 6.04 Å². The summed E-state index contributed by atoms with van der Waals surface area (Å²) in [6.45, 7) is 0. The van der Waals surface area contributed by atoms with Crippen LogP contribution in [0.4, 0.5) is 18.3 Å². The predicted octanol–water partition coefficient (Wildman–Crippen LogP) is 4.92. The Morgan fingerprint density at radius 3 is 2.38 bits per heavy atom. The van der Waals surface area contributed by atoms with E-state index in [1.165, 1.54) is 43.1 Å². The zero-order valence-electron chi connectivity index (χ0n) is 11.3. The van der Waals surface area contributed by atoms with Gasteiger partial charge in [0.2, 0.25) is 0 Å². The van der Waals surface area contributed by atoms with Gasteiger partial charge in [0.1, 0.15) is 0 Å². The van der Waals surface area contributed by atoms with E-state index in [1.807, 2.05) is 0 Å². The van der Waals surface area contributed by atoms with Crippen molar-refractivity contribution in [3.05, 3.63) is 23.8 Å². The number of benzene rings is 1. The summed E-state index contributed by atoms with van der Waals surface area (Å²) < 4.78 is 39.0. The fourth-order valence-corrected chi connectivity index (χ4v) is 3.73. The smallest absolute Gasteiger partial charge is 0.358 e. The van der Waals surface area contributed by atoms with Crippen LogP contribution >= 0.6 is 11.3 Å². The van der Waals surface area contributed by atoms with Gasteiger partial charge in [0.05, 0.1) is 15.8 Å². The number of alkyl halides is 3. The van der Waals surface area contributed by atoms with Gasteiger partial charge in [-0.2, -0.15) is 13.2 Å². The molecule has 2 aromatic rings. The standard InChI is InChI=1S/C15H15F3N2S/c16-15(17,18)10-5-6-12-11(7-10)19-14(21-12)20-13(8-1-2-8)9-3-4-9/h5-9,13H,1-4H2,(H,19,20). The fraction of sp³-hybridized carbons (Fsp3) is 0.533. The molecule has 4 rings (SSSR count). The largest absolute Gasteiger partial charge is 0.416 e. The molecule has 2 saturated carbocycles. The maximum Gasteiger partial charge on any atom is 0.416 e. The molecular formula is C15H15F3N2S. The Bertz CT molecular complexity index is 659. The van der Waals surface area contributed by atoms with E-state index in [9.17, 15) is 13.2 Å². The first-order valence-electron chi connectivity index (χ1n) is 7.25. The number of thiazole rings is 1. The Hall–Kier alpha value is -1.30. The van der Waals surface area contributed by atoms with Gasteiger partial charge < -0.3 is 5.32 Å². The molecule has 0 atom stereocenters. The van der Waals surface area contributed by atoms with Gasteiger partial charge in [-0.05, 0) is 55.7 Å². The van der Waals surface area contributed by atoms with Crippen molar-refractivity contribution < 1.29 is 13.2 Å². The number of nitrogens with one attached hydrogen (secondary N) is 1. The summed E-state index contributed by atoms with van der Waals surface area (Å²) in [6.07, 6.45) is 0.735. The molecule has 2 aliphatic carbocycles. The van der Waals surface area contributed by atoms with Crippen molar-refractivity contribution in [3.8, 4) is 0 Å². The predicted molar refractivity (Wildman–Crippen MR) is 77.5 cm³/mol. The first-order chi connectivity index (χ1) is 10.0. The summed E-state index contributed by atoms with van der Waals surface area (Å²) in [4.78, 5) is 4.35. The molecule has 2 aliphatic rings. The fourth-order valence-electron chi connectivity index (χ4n) is 2.84. The zero-order valence-corrected chi connectivity index (χ0v) is 12.1. The molecule has 6 heteroatoms. The summed E-state index contributed by atoms with van der Waals surface area (Å²) in [5, 5.41) is 4.23. The Labute approximate surface area is 124 Å². The maximum atomic E-state index is 12.7. The van der Waals surface area contributed by atoms with Crippen LogP contribution in [-0.4, -0.2) is 11.0 Å². The Morgan fingerprint density at radius 1 is 1.14 bits per heavy atom. The lowest BCUT2D eigenvalue weighted by Gasteiger charge is -2.16. The number of anilines is 1. The number of nitrogens with zero attached hydrogens (tertiary/aromatic N) is 1. The maximum absolute atomic E-state index is 12.7. The SMILES string of the molecule is FC(F)(F)c1ccc2sc(NC(C3CC3)C3CC3)nc2c1. The lowest BCUT2D eigenvalue weighted by molar-refractivity contribution is -0.137. The number of aromatic nitrogens is 1. The van der Waals surface area contributed by atoms with Gasteiger partial charge in [-0.25, -0.2) is 4.98 Å². The van der Waals surface area contributed by atoms with Crippen LogP contribution in [0, 0.1) is 11.8 Å². The van der Waals surface area contributed by atoms with Crippen molar-refractivity contribution >= 4 is 26.7 Å². The highest BCUT2D eigenvalue weighted by Gasteiger charge is 2.41. The molecular weight excluding hydrogens is 297 g/mol. The minimum atomic E-state index is -4.31. The van der Waals surface area contributed by atoms with Crippen molar-refractivity contribution in [1.82, 2.24) is 4.98 Å². The van der Waals surface area contributed by atoms with E-state index in [-0.39, 0.29) is 0 Å². The van der Waals surface area contributed by atoms with E-state index in [4.69, 9.17) is 0 Å². The monoisotopic (exact) mass is 312 g/mol. The van der Waals surface area contributed by atoms with Gasteiger partial charge in [0.15, 0.2) is 5.13 Å². The molecule has 2 fully saturated rings. The van der Waals surface area contributed by atoms with E-state index >= 15 is 0 Å². The van der Waals surface area contributed by atoms with E-state index in [1.54, 1.807) is 0 Å². The molecule has 0 aliphatic heterocycles. The van der Waals surface area contributed by atoms with E-state index in [2.05, 4.69) is 10.3 Å². The molecule has 0 amide bonds. The highest BCUT2D eigenvalue weighted by molar-refractivity contribution is 7.22. The molecule has 1 heterocycles. The minimum Gasteiger partial charge on any atom is -0.358 e. The van der Waals surface area contributed by atoms with Crippen LogP contribution in [-0.2, 0) is 6.18 Å². The van der Waals surface area contributed by atoms with Crippen LogP contribution in [0.3, 0.4) is 0 Å². The average Bonchev–Trinajstić information content (AvgIpc) is 3.31. The van der Waals surface area contributed by atoms with E-state index in [0.717, 1.165) is 33.8 Å². The van der Waals surface area contributed by atoms with Crippen LogP contribution in [0.5, 0.6) is 0 Å². The third kappa shape index (κ3) is 2.73. The minimum absolute atomic E-state index is 0.433. The summed E-state index contributed by atoms with van der Waals surface area (Å²) in [5.74, 6) is 1.46. The van der Waals surface area contributed by atoms with Crippen LogP contribution in [0.25, 0.3) is 10.2 Å². The number of hydrogen-bond donors (Lipinski definition) is 1. The molecule has 0 radical (unpaired) electrons. The van der Waals surface area contributed by atoms with Gasteiger partial charge >= 0.3 is 6.18 Å². The Balaban J connectivity index is 1.61. The molecule has 1 N–H and O–H groups in total. The second-order valence-corrected chi connectivity index (χ2v) is 7.07. The molecule has 1 aromatic heterocycles. The molecule has 21 heavy (non-hydrogen) atoms. The number of hydrogen-bond acceptors (Lipinski definition) is 3. The molecule has 0 spiro atoms. The summed E-state index contributed by atoms with van der Waals surface area (Å²) in [6, 6.07) is 4.25. The van der Waals surface area contributed by atoms with Crippen LogP contribution in [0.1, 0.15) is 31.2 Å². The van der Waals surface area contributed by atoms with Crippen LogP contribution in [0.15, 0.2) is 18.2 Å². The van der Waals surface area contributed by atoms with Gasteiger partial charge in [-0.15, -0.1) is 0 Å². The summed E-state index contributed by atoms with van der Waals surface area (Å²) >= 11 is 1.45. The van der Waals surface area contributed by atoms with E-state index in [0.29, 0.717) is 11.6 Å². The van der Waals surface area contributed by atoms with Crippen molar-refractivity contribution in [2.45, 2.75) is 37.9 Å². The third-order valence-electron chi connectivity index (χ3n) is 4.26. The van der Waals surface area contributed by atoms with Crippen molar-refractivity contribution in [2.24, 2.45) is 11.8 Å². The van der Waals surface area contributed by atoms with Gasteiger partial charge in [-0.1, -0.05) is 11.3 Å². The van der Waals surface area contributed by atoms with Crippen LogP contribution < -0.4 is 5.32 Å². The Morgan fingerprint density at radius 2 is 1.81 bits per heavy atom. The van der Waals surface area contributed by atoms with Crippen molar-refractivity contribution in [3.63, 3.8) is 0 Å². The molecule has 0 bridgehead atoms. The van der Waals surface area contributed by atoms with Crippen molar-refractivity contribution in [2.75, 3.05) is 5.32 Å². The number of halogens is 3. The molecule has 1 aromatic carbocycles. The molecule has 2 nitrogen and oxygen atoms in total. The summed E-state index contributed by atoms with van der Waals surface area (Å²) in [7, 11) is 0. The first-order valence-corrected chi connectivity index (χ1v) is 8.07. The lowest BCUT2D eigenvalue weighted by Crippen LogP contribution is -2.23. The molecule has 112 valence electrons. The van der Waals surface area contributed by atoms with Crippen LogP contribution in [0.2, 0.25) is 0 Å². The highest BCUT2D eigenvalue weighted by atomic mass is 32.1. The molecule has 0 saturated heterocycles. The Kier molecular flexibility index (Phi) is 2.93. The third-order valence-corrected chi connectivity index (χ3v) is 5.23. The average molecular weight is 312 g/mol. The number of rotatable bonds is 4. The van der Waals surface area contributed by atoms with Gasteiger partial charge in [0.25, 0.3) is 0 Å². The molecule has 0 unspecified atom stereocenters.